The fourth-order valence-electron chi connectivity index (χ4n) is 2.88. The van der Waals surface area contributed by atoms with Crippen molar-refractivity contribution in [1.82, 2.24) is 4.90 Å². The van der Waals surface area contributed by atoms with Crippen LogP contribution in [0.3, 0.4) is 0 Å². The minimum atomic E-state index is -0.241. The zero-order valence-corrected chi connectivity index (χ0v) is 15.0. The van der Waals surface area contributed by atoms with Crippen molar-refractivity contribution in [3.05, 3.63) is 34.9 Å². The lowest BCUT2D eigenvalue weighted by Gasteiger charge is -2.32. The van der Waals surface area contributed by atoms with Crippen molar-refractivity contribution in [2.45, 2.75) is 44.6 Å². The minimum Gasteiger partial charge on any atom is -0.369 e. The van der Waals surface area contributed by atoms with E-state index in [1.807, 2.05) is 11.8 Å². The van der Waals surface area contributed by atoms with Crippen LogP contribution in [-0.4, -0.2) is 35.1 Å². The van der Waals surface area contributed by atoms with Gasteiger partial charge in [0.1, 0.15) is 0 Å². The number of aryl methyl sites for hydroxylation is 2. The Balaban J connectivity index is 1.86. The summed E-state index contributed by atoms with van der Waals surface area (Å²) in [6, 6.07) is 6.44. The van der Waals surface area contributed by atoms with E-state index in [1.54, 1.807) is 11.8 Å². The van der Waals surface area contributed by atoms with Gasteiger partial charge < -0.3 is 10.6 Å². The van der Waals surface area contributed by atoms with Crippen LogP contribution in [-0.2, 0) is 15.3 Å². The number of rotatable bonds is 5. The third-order valence-corrected chi connectivity index (χ3v) is 5.73. The van der Waals surface area contributed by atoms with E-state index < -0.39 is 0 Å². The second-order valence-corrected chi connectivity index (χ2v) is 7.71. The summed E-state index contributed by atoms with van der Waals surface area (Å²) in [5.41, 5.74) is 9.15. The summed E-state index contributed by atoms with van der Waals surface area (Å²) in [6.45, 7) is 7.45. The number of benzene rings is 1. The first-order valence-corrected chi connectivity index (χ1v) is 9.19. The molecule has 0 radical (unpaired) electrons. The van der Waals surface area contributed by atoms with Crippen molar-refractivity contribution in [3.8, 4) is 0 Å². The molecule has 1 aliphatic heterocycles. The molecule has 4 nitrogen and oxygen atoms in total. The van der Waals surface area contributed by atoms with Gasteiger partial charge in [-0.2, -0.15) is 0 Å². The van der Waals surface area contributed by atoms with Gasteiger partial charge in [0, 0.05) is 24.8 Å². The molecule has 5 heteroatoms. The number of carbonyl (C=O) groups is 2. The van der Waals surface area contributed by atoms with Crippen LogP contribution in [0, 0.1) is 19.8 Å². The molecule has 2 N–H and O–H groups in total. The molecular formula is C18H26N2O2S. The number of primary amides is 1. The Bertz CT molecular complexity index is 580. The number of piperidine rings is 1. The summed E-state index contributed by atoms with van der Waals surface area (Å²) >= 11 is 1.68. The Morgan fingerprint density at radius 1 is 1.30 bits per heavy atom. The summed E-state index contributed by atoms with van der Waals surface area (Å²) in [5.74, 6) is 0.702. The van der Waals surface area contributed by atoms with E-state index in [0.29, 0.717) is 25.9 Å². The average molecular weight is 334 g/mol. The molecule has 1 aromatic rings. The van der Waals surface area contributed by atoms with Gasteiger partial charge in [-0.3, -0.25) is 9.59 Å². The standard InChI is InChI=1S/C18H26N2O2S/c1-12-4-5-13(2)16(10-12)11-23-14(3)18(22)20-8-6-15(7-9-20)17(19)21/h4-5,10,14-15H,6-9,11H2,1-3H3,(H2,19,21). The number of amides is 2. The van der Waals surface area contributed by atoms with Gasteiger partial charge in [-0.1, -0.05) is 23.8 Å². The smallest absolute Gasteiger partial charge is 0.235 e. The number of hydrogen-bond donors (Lipinski definition) is 1. The number of nitrogens with two attached hydrogens (primary N) is 1. The molecule has 0 saturated carbocycles. The monoisotopic (exact) mass is 334 g/mol. The Labute approximate surface area is 142 Å². The molecule has 2 amide bonds. The number of thioether (sulfide) groups is 1. The third kappa shape index (κ3) is 4.74. The molecule has 0 bridgehead atoms. The molecule has 126 valence electrons. The first-order valence-electron chi connectivity index (χ1n) is 8.14. The van der Waals surface area contributed by atoms with Gasteiger partial charge in [0.2, 0.25) is 11.8 Å². The maximum Gasteiger partial charge on any atom is 0.235 e. The quantitative estimate of drug-likeness (QED) is 0.900. The van der Waals surface area contributed by atoms with Crippen LogP contribution < -0.4 is 5.73 Å². The van der Waals surface area contributed by atoms with Gasteiger partial charge in [-0.15, -0.1) is 11.8 Å². The molecule has 1 aromatic carbocycles. The lowest BCUT2D eigenvalue weighted by molar-refractivity contribution is -0.134. The van der Waals surface area contributed by atoms with E-state index >= 15 is 0 Å². The van der Waals surface area contributed by atoms with E-state index in [-0.39, 0.29) is 23.0 Å². The lowest BCUT2D eigenvalue weighted by Crippen LogP contribution is -2.44. The van der Waals surface area contributed by atoms with Crippen molar-refractivity contribution in [3.63, 3.8) is 0 Å². The van der Waals surface area contributed by atoms with Crippen LogP contribution in [0.5, 0.6) is 0 Å². The predicted octanol–water partition coefficient (Wildman–Crippen LogP) is 2.65. The van der Waals surface area contributed by atoms with Crippen molar-refractivity contribution in [2.75, 3.05) is 13.1 Å². The SMILES string of the molecule is Cc1ccc(C)c(CSC(C)C(=O)N2CCC(C(N)=O)CC2)c1. The molecule has 0 aliphatic carbocycles. The zero-order chi connectivity index (χ0) is 17.0. The first kappa shape index (κ1) is 17.9. The highest BCUT2D eigenvalue weighted by atomic mass is 32.2. The number of likely N-dealkylation sites (tertiary alicyclic amines) is 1. The van der Waals surface area contributed by atoms with Crippen molar-refractivity contribution >= 4 is 23.6 Å². The molecule has 1 saturated heterocycles. The van der Waals surface area contributed by atoms with E-state index in [4.69, 9.17) is 5.73 Å². The van der Waals surface area contributed by atoms with Gasteiger partial charge >= 0.3 is 0 Å². The molecule has 1 unspecified atom stereocenters. The van der Waals surface area contributed by atoms with E-state index in [1.165, 1.54) is 16.7 Å². The van der Waals surface area contributed by atoms with Gasteiger partial charge in [0.05, 0.1) is 5.25 Å². The van der Waals surface area contributed by atoms with Gasteiger partial charge in [-0.25, -0.2) is 0 Å². The van der Waals surface area contributed by atoms with Crippen LogP contribution in [0.4, 0.5) is 0 Å². The van der Waals surface area contributed by atoms with E-state index in [2.05, 4.69) is 32.0 Å². The highest BCUT2D eigenvalue weighted by Gasteiger charge is 2.28. The summed E-state index contributed by atoms with van der Waals surface area (Å²) in [6.07, 6.45) is 1.38. The van der Waals surface area contributed by atoms with Crippen LogP contribution in [0.15, 0.2) is 18.2 Å². The van der Waals surface area contributed by atoms with Crippen molar-refractivity contribution < 1.29 is 9.59 Å². The molecule has 1 aliphatic rings. The Hall–Kier alpha value is -1.49. The Kier molecular flexibility index (Phi) is 6.10. The van der Waals surface area contributed by atoms with Crippen molar-refractivity contribution in [1.29, 1.82) is 0 Å². The molecule has 1 heterocycles. The largest absolute Gasteiger partial charge is 0.369 e. The molecule has 0 aromatic heterocycles. The molecular weight excluding hydrogens is 308 g/mol. The molecule has 1 atom stereocenters. The Morgan fingerprint density at radius 3 is 2.57 bits per heavy atom. The minimum absolute atomic E-state index is 0.0694. The molecule has 1 fully saturated rings. The fourth-order valence-corrected chi connectivity index (χ4v) is 3.92. The highest BCUT2D eigenvalue weighted by molar-refractivity contribution is 7.99. The van der Waals surface area contributed by atoms with Gasteiger partial charge in [0.25, 0.3) is 0 Å². The number of hydrogen-bond acceptors (Lipinski definition) is 3. The predicted molar refractivity (Wildman–Crippen MR) is 95.2 cm³/mol. The summed E-state index contributed by atoms with van der Waals surface area (Å²) in [4.78, 5) is 25.6. The van der Waals surface area contributed by atoms with Gasteiger partial charge in [0.15, 0.2) is 0 Å². The average Bonchev–Trinajstić information content (AvgIpc) is 2.54. The van der Waals surface area contributed by atoms with Crippen LogP contribution in [0.2, 0.25) is 0 Å². The van der Waals surface area contributed by atoms with E-state index in [9.17, 15) is 9.59 Å². The third-order valence-electron chi connectivity index (χ3n) is 4.55. The first-order chi connectivity index (χ1) is 10.9. The van der Waals surface area contributed by atoms with Crippen LogP contribution in [0.1, 0.15) is 36.5 Å². The topological polar surface area (TPSA) is 63.4 Å². The second kappa shape index (κ2) is 7.86. The fraction of sp³-hybridized carbons (Fsp3) is 0.556. The van der Waals surface area contributed by atoms with Crippen LogP contribution in [0.25, 0.3) is 0 Å². The summed E-state index contributed by atoms with van der Waals surface area (Å²) < 4.78 is 0. The second-order valence-electron chi connectivity index (χ2n) is 6.39. The maximum atomic E-state index is 12.5. The molecule has 23 heavy (non-hydrogen) atoms. The molecule has 0 spiro atoms. The van der Waals surface area contributed by atoms with Crippen molar-refractivity contribution in [2.24, 2.45) is 11.7 Å². The number of nitrogens with zero attached hydrogens (tertiary/aromatic N) is 1. The van der Waals surface area contributed by atoms with Crippen LogP contribution >= 0.6 is 11.8 Å². The Morgan fingerprint density at radius 2 is 1.96 bits per heavy atom. The highest BCUT2D eigenvalue weighted by Crippen LogP contribution is 2.24. The molecule has 2 rings (SSSR count). The normalized spacial score (nSPS) is 17.1. The zero-order valence-electron chi connectivity index (χ0n) is 14.2. The summed E-state index contributed by atoms with van der Waals surface area (Å²) in [5, 5.41) is -0.0694. The summed E-state index contributed by atoms with van der Waals surface area (Å²) in [7, 11) is 0. The number of carbonyl (C=O) groups excluding carboxylic acids is 2. The lowest BCUT2D eigenvalue weighted by atomic mass is 9.96. The maximum absolute atomic E-state index is 12.5. The van der Waals surface area contributed by atoms with E-state index in [0.717, 1.165) is 5.75 Å². The van der Waals surface area contributed by atoms with Gasteiger partial charge in [-0.05, 0) is 44.7 Å².